The molecule has 3 fully saturated rings. The predicted octanol–water partition coefficient (Wildman–Crippen LogP) is 5.52. The van der Waals surface area contributed by atoms with Crippen LogP contribution in [0.4, 0.5) is 0 Å². The first kappa shape index (κ1) is 15.0. The van der Waals surface area contributed by atoms with Gasteiger partial charge in [-0.1, -0.05) is 44.6 Å². The maximum Gasteiger partial charge on any atom is 0.0957 e. The molecular formula is C21H32O. The van der Waals surface area contributed by atoms with Crippen molar-refractivity contribution in [2.75, 3.05) is 0 Å². The molecule has 22 heavy (non-hydrogen) atoms. The van der Waals surface area contributed by atoms with Crippen LogP contribution in [0, 0.1) is 29.1 Å². The molecule has 0 N–H and O–H groups in total. The molecule has 1 saturated heterocycles. The molecule has 1 heterocycles. The van der Waals surface area contributed by atoms with E-state index in [4.69, 9.17) is 4.74 Å². The lowest BCUT2D eigenvalue weighted by Crippen LogP contribution is -2.40. The van der Waals surface area contributed by atoms with Gasteiger partial charge < -0.3 is 4.74 Å². The Bertz CT molecular complexity index is 518. The standard InChI is InChI=1S/C21H32O/c1-5-16-8-6-14(2)12-17(16)13-21-11-10-20(4)15(3)7-9-18(20)19(21)22-21/h6,8,12,15-19H,5,7,9-11,13H2,1-4H3. The Balaban J connectivity index is 1.51. The Morgan fingerprint density at radius 2 is 2.05 bits per heavy atom. The van der Waals surface area contributed by atoms with E-state index in [0.29, 0.717) is 17.4 Å². The molecule has 1 heteroatoms. The topological polar surface area (TPSA) is 12.5 Å². The van der Waals surface area contributed by atoms with Crippen LogP contribution >= 0.6 is 0 Å². The van der Waals surface area contributed by atoms with Gasteiger partial charge in [0.1, 0.15) is 0 Å². The number of ether oxygens (including phenoxy) is 1. The highest BCUT2D eigenvalue weighted by atomic mass is 16.6. The van der Waals surface area contributed by atoms with Crippen LogP contribution in [0.3, 0.4) is 0 Å². The molecule has 0 aromatic heterocycles. The van der Waals surface area contributed by atoms with Gasteiger partial charge in [0, 0.05) is 0 Å². The van der Waals surface area contributed by atoms with Crippen molar-refractivity contribution in [1.82, 2.24) is 0 Å². The number of epoxide rings is 1. The van der Waals surface area contributed by atoms with Crippen molar-refractivity contribution in [2.24, 2.45) is 29.1 Å². The summed E-state index contributed by atoms with van der Waals surface area (Å²) in [4.78, 5) is 0. The van der Waals surface area contributed by atoms with Gasteiger partial charge in [0.05, 0.1) is 11.7 Å². The fourth-order valence-corrected chi connectivity index (χ4v) is 5.98. The average molecular weight is 300 g/mol. The molecule has 0 aromatic carbocycles. The predicted molar refractivity (Wildman–Crippen MR) is 91.6 cm³/mol. The summed E-state index contributed by atoms with van der Waals surface area (Å²) in [5, 5.41) is 0. The number of hydrogen-bond donors (Lipinski definition) is 0. The van der Waals surface area contributed by atoms with Crippen LogP contribution in [0.1, 0.15) is 66.2 Å². The molecule has 0 amide bonds. The Morgan fingerprint density at radius 1 is 1.23 bits per heavy atom. The van der Waals surface area contributed by atoms with Gasteiger partial charge >= 0.3 is 0 Å². The molecule has 0 aromatic rings. The summed E-state index contributed by atoms with van der Waals surface area (Å²) >= 11 is 0. The minimum Gasteiger partial charge on any atom is -0.366 e. The second-order valence-electron chi connectivity index (χ2n) is 8.90. The van der Waals surface area contributed by atoms with E-state index in [1.54, 1.807) is 0 Å². The van der Waals surface area contributed by atoms with Crippen LogP contribution in [0.15, 0.2) is 23.8 Å². The van der Waals surface area contributed by atoms with Crippen LogP contribution in [0.2, 0.25) is 0 Å². The van der Waals surface area contributed by atoms with E-state index >= 15 is 0 Å². The van der Waals surface area contributed by atoms with Crippen molar-refractivity contribution in [3.63, 3.8) is 0 Å². The average Bonchev–Trinajstić information content (AvgIpc) is 3.12. The van der Waals surface area contributed by atoms with Gasteiger partial charge in [0.2, 0.25) is 0 Å². The minimum absolute atomic E-state index is 0.244. The first-order chi connectivity index (χ1) is 10.5. The molecule has 0 bridgehead atoms. The van der Waals surface area contributed by atoms with Crippen molar-refractivity contribution in [1.29, 1.82) is 0 Å². The quantitative estimate of drug-likeness (QED) is 0.625. The van der Waals surface area contributed by atoms with Crippen LogP contribution in [-0.4, -0.2) is 11.7 Å². The van der Waals surface area contributed by atoms with Crippen LogP contribution in [0.25, 0.3) is 0 Å². The lowest BCUT2D eigenvalue weighted by Gasteiger charge is -2.41. The summed E-state index contributed by atoms with van der Waals surface area (Å²) in [5.41, 5.74) is 2.25. The summed E-state index contributed by atoms with van der Waals surface area (Å²) < 4.78 is 6.47. The third kappa shape index (κ3) is 2.08. The normalized spacial score (nSPS) is 52.9. The Hall–Kier alpha value is -0.560. The van der Waals surface area contributed by atoms with E-state index in [1.165, 1.54) is 44.1 Å². The van der Waals surface area contributed by atoms with Crippen molar-refractivity contribution in [2.45, 2.75) is 77.9 Å². The second kappa shape index (κ2) is 4.97. The van der Waals surface area contributed by atoms with E-state index < -0.39 is 0 Å². The largest absolute Gasteiger partial charge is 0.366 e. The zero-order valence-electron chi connectivity index (χ0n) is 14.8. The molecule has 7 atom stereocenters. The number of allylic oxidation sites excluding steroid dienone is 4. The highest BCUT2D eigenvalue weighted by Crippen LogP contribution is 2.66. The highest BCUT2D eigenvalue weighted by Gasteiger charge is 2.68. The molecule has 0 spiro atoms. The lowest BCUT2D eigenvalue weighted by molar-refractivity contribution is 0.105. The fourth-order valence-electron chi connectivity index (χ4n) is 5.98. The smallest absolute Gasteiger partial charge is 0.0957 e. The minimum atomic E-state index is 0.244. The SMILES string of the molecule is CCC1C=CC(C)=CC1CC12CCC3(C)C(C)CCC3C1O2. The summed E-state index contributed by atoms with van der Waals surface area (Å²) in [6.45, 7) is 9.59. The van der Waals surface area contributed by atoms with Gasteiger partial charge in [-0.15, -0.1) is 0 Å². The zero-order chi connectivity index (χ0) is 15.5. The second-order valence-corrected chi connectivity index (χ2v) is 8.90. The lowest BCUT2D eigenvalue weighted by atomic mass is 9.61. The van der Waals surface area contributed by atoms with Crippen molar-refractivity contribution in [3.05, 3.63) is 23.8 Å². The molecule has 4 rings (SSSR count). The van der Waals surface area contributed by atoms with Crippen molar-refractivity contribution in [3.8, 4) is 0 Å². The Kier molecular flexibility index (Phi) is 3.39. The van der Waals surface area contributed by atoms with Gasteiger partial charge in [-0.05, 0) is 74.5 Å². The van der Waals surface area contributed by atoms with Gasteiger partial charge in [-0.25, -0.2) is 0 Å². The first-order valence-corrected chi connectivity index (χ1v) is 9.53. The maximum absolute atomic E-state index is 6.47. The molecule has 0 radical (unpaired) electrons. The molecule has 122 valence electrons. The number of rotatable bonds is 3. The molecule has 7 unspecified atom stereocenters. The maximum atomic E-state index is 6.47. The number of fused-ring (bicyclic) bond motifs is 3. The van der Waals surface area contributed by atoms with E-state index in [0.717, 1.165) is 17.8 Å². The van der Waals surface area contributed by atoms with Crippen LogP contribution < -0.4 is 0 Å². The van der Waals surface area contributed by atoms with E-state index in [-0.39, 0.29) is 5.60 Å². The van der Waals surface area contributed by atoms with Gasteiger partial charge in [-0.2, -0.15) is 0 Å². The van der Waals surface area contributed by atoms with Crippen molar-refractivity contribution >= 4 is 0 Å². The zero-order valence-corrected chi connectivity index (χ0v) is 14.8. The van der Waals surface area contributed by atoms with Gasteiger partial charge in [0.25, 0.3) is 0 Å². The van der Waals surface area contributed by atoms with E-state index in [9.17, 15) is 0 Å². The van der Waals surface area contributed by atoms with Crippen molar-refractivity contribution < 1.29 is 4.74 Å². The third-order valence-electron chi connectivity index (χ3n) is 7.84. The summed E-state index contributed by atoms with van der Waals surface area (Å²) in [5.74, 6) is 3.14. The van der Waals surface area contributed by atoms with Crippen LogP contribution in [-0.2, 0) is 4.74 Å². The van der Waals surface area contributed by atoms with Gasteiger partial charge in [0.15, 0.2) is 0 Å². The number of hydrogen-bond acceptors (Lipinski definition) is 1. The highest BCUT2D eigenvalue weighted by molar-refractivity contribution is 5.26. The van der Waals surface area contributed by atoms with Gasteiger partial charge in [-0.3, -0.25) is 0 Å². The fraction of sp³-hybridized carbons (Fsp3) is 0.810. The summed E-state index contributed by atoms with van der Waals surface area (Å²) in [6.07, 6.45) is 15.9. The molecule has 2 saturated carbocycles. The summed E-state index contributed by atoms with van der Waals surface area (Å²) in [6, 6.07) is 0. The van der Waals surface area contributed by atoms with Crippen LogP contribution in [0.5, 0.6) is 0 Å². The Labute approximate surface area is 136 Å². The van der Waals surface area contributed by atoms with E-state index in [2.05, 4.69) is 45.9 Å². The molecule has 3 aliphatic carbocycles. The molecule has 4 aliphatic rings. The monoisotopic (exact) mass is 300 g/mol. The molecule has 1 aliphatic heterocycles. The van der Waals surface area contributed by atoms with E-state index in [1.807, 2.05) is 0 Å². The summed E-state index contributed by atoms with van der Waals surface area (Å²) in [7, 11) is 0. The Morgan fingerprint density at radius 3 is 2.82 bits per heavy atom. The third-order valence-corrected chi connectivity index (χ3v) is 7.84. The first-order valence-electron chi connectivity index (χ1n) is 9.53. The molecular weight excluding hydrogens is 268 g/mol. The molecule has 1 nitrogen and oxygen atoms in total.